The van der Waals surface area contributed by atoms with Crippen molar-refractivity contribution >= 4 is 21.8 Å². The quantitative estimate of drug-likeness (QED) is 0.439. The van der Waals surface area contributed by atoms with Crippen molar-refractivity contribution in [3.05, 3.63) is 23.8 Å². The van der Waals surface area contributed by atoms with Crippen LogP contribution in [-0.4, -0.2) is 30.7 Å². The number of hydrogen-bond donors (Lipinski definition) is 3. The largest absolute Gasteiger partial charge is 0.399 e. The van der Waals surface area contributed by atoms with Gasteiger partial charge in [-0.15, -0.1) is 0 Å². The molecule has 0 aliphatic carbocycles. The first-order chi connectivity index (χ1) is 8.69. The molecule has 0 atom stereocenters. The highest BCUT2D eigenvalue weighted by Gasteiger charge is 2.04. The van der Waals surface area contributed by atoms with Crippen LogP contribution in [0.2, 0.25) is 0 Å². The van der Waals surface area contributed by atoms with Crippen molar-refractivity contribution in [2.75, 3.05) is 23.9 Å². The van der Waals surface area contributed by atoms with E-state index in [0.29, 0.717) is 6.61 Å². The van der Waals surface area contributed by atoms with Crippen LogP contribution in [0.3, 0.4) is 0 Å². The van der Waals surface area contributed by atoms with Crippen LogP contribution in [0.5, 0.6) is 0 Å². The summed E-state index contributed by atoms with van der Waals surface area (Å²) in [7, 11) is -4.67. The number of hydroxylamine groups is 1. The Bertz CT molecular complexity index is 482. The molecule has 19 heavy (non-hydrogen) atoms. The molecule has 110 valence electrons. The molecule has 8 heteroatoms. The van der Waals surface area contributed by atoms with Gasteiger partial charge in [-0.25, -0.2) is 0 Å². The molecule has 0 unspecified atom stereocenters. The highest BCUT2D eigenvalue weighted by molar-refractivity contribution is 7.79. The average molecular weight is 292 g/mol. The van der Waals surface area contributed by atoms with Gasteiger partial charge in [-0.1, -0.05) is 0 Å². The van der Waals surface area contributed by atoms with Crippen LogP contribution >= 0.6 is 0 Å². The summed E-state index contributed by atoms with van der Waals surface area (Å²) < 4.78 is 31.6. The molecule has 1 aromatic carbocycles. The molecule has 1 rings (SSSR count). The summed E-state index contributed by atoms with van der Waals surface area (Å²) in [5.74, 6) is 0. The first kappa shape index (κ1) is 17.6. The van der Waals surface area contributed by atoms with Crippen molar-refractivity contribution in [3.8, 4) is 0 Å². The Morgan fingerprint density at radius 1 is 1.32 bits per heavy atom. The molecule has 0 amide bonds. The second kappa shape index (κ2) is 7.95. The minimum atomic E-state index is -4.67. The van der Waals surface area contributed by atoms with Crippen LogP contribution in [0.25, 0.3) is 0 Å². The molecule has 7 nitrogen and oxygen atoms in total. The van der Waals surface area contributed by atoms with Crippen LogP contribution in [-0.2, 0) is 15.2 Å². The van der Waals surface area contributed by atoms with E-state index in [1.807, 2.05) is 37.1 Å². The van der Waals surface area contributed by atoms with E-state index in [-0.39, 0.29) is 0 Å². The third-order valence-electron chi connectivity index (χ3n) is 2.11. The van der Waals surface area contributed by atoms with Crippen LogP contribution in [0.1, 0.15) is 19.4 Å². The van der Waals surface area contributed by atoms with E-state index in [0.717, 1.165) is 23.5 Å². The number of rotatable bonds is 4. The zero-order chi connectivity index (χ0) is 15.1. The van der Waals surface area contributed by atoms with Gasteiger partial charge in [-0.3, -0.25) is 19.0 Å². The molecule has 0 heterocycles. The fourth-order valence-electron chi connectivity index (χ4n) is 1.32. The molecule has 0 saturated carbocycles. The van der Waals surface area contributed by atoms with E-state index in [9.17, 15) is 0 Å². The smallest absolute Gasteiger partial charge is 0.394 e. The molecule has 0 saturated heterocycles. The molecule has 4 N–H and O–H groups in total. The second-order valence-corrected chi connectivity index (χ2v) is 4.50. The maximum atomic E-state index is 8.74. The van der Waals surface area contributed by atoms with Gasteiger partial charge >= 0.3 is 10.4 Å². The van der Waals surface area contributed by atoms with E-state index >= 15 is 0 Å². The maximum Gasteiger partial charge on any atom is 0.394 e. The molecule has 0 bridgehead atoms. The Morgan fingerprint density at radius 3 is 2.21 bits per heavy atom. The molecule has 0 radical (unpaired) electrons. The van der Waals surface area contributed by atoms with Gasteiger partial charge in [0.1, 0.15) is 0 Å². The summed E-state index contributed by atoms with van der Waals surface area (Å²) in [6.07, 6.45) is 0. The van der Waals surface area contributed by atoms with Crippen LogP contribution in [0.4, 0.5) is 11.4 Å². The summed E-state index contributed by atoms with van der Waals surface area (Å²) in [6.45, 7) is 7.54. The van der Waals surface area contributed by atoms with E-state index < -0.39 is 10.4 Å². The minimum Gasteiger partial charge on any atom is -0.399 e. The third-order valence-corrected chi connectivity index (χ3v) is 2.11. The lowest BCUT2D eigenvalue weighted by atomic mass is 10.2. The SMILES string of the molecule is CCON(CC)c1ccc(N)c(C)c1.O=S(=O)(O)O. The van der Waals surface area contributed by atoms with Gasteiger partial charge in [0, 0.05) is 12.2 Å². The number of anilines is 2. The summed E-state index contributed by atoms with van der Waals surface area (Å²) in [4.78, 5) is 5.46. The van der Waals surface area contributed by atoms with Gasteiger partial charge in [0.15, 0.2) is 0 Å². The van der Waals surface area contributed by atoms with Crippen molar-refractivity contribution in [1.29, 1.82) is 0 Å². The summed E-state index contributed by atoms with van der Waals surface area (Å²) in [5, 5.41) is 1.87. The number of nitrogens with two attached hydrogens (primary N) is 1. The fourth-order valence-corrected chi connectivity index (χ4v) is 1.32. The van der Waals surface area contributed by atoms with E-state index in [4.69, 9.17) is 28.1 Å². The molecule has 0 spiro atoms. The van der Waals surface area contributed by atoms with Gasteiger partial charge in [0.05, 0.1) is 12.3 Å². The van der Waals surface area contributed by atoms with E-state index in [1.54, 1.807) is 0 Å². The van der Waals surface area contributed by atoms with Crippen molar-refractivity contribution < 1.29 is 22.4 Å². The van der Waals surface area contributed by atoms with Gasteiger partial charge < -0.3 is 5.73 Å². The average Bonchev–Trinajstić information content (AvgIpc) is 2.27. The van der Waals surface area contributed by atoms with Gasteiger partial charge in [0.2, 0.25) is 0 Å². The zero-order valence-corrected chi connectivity index (χ0v) is 12.0. The topological polar surface area (TPSA) is 113 Å². The predicted molar refractivity (Wildman–Crippen MR) is 74.4 cm³/mol. The number of nitrogen functional groups attached to an aromatic ring is 1. The molecular weight excluding hydrogens is 272 g/mol. The lowest BCUT2D eigenvalue weighted by Crippen LogP contribution is -2.22. The lowest BCUT2D eigenvalue weighted by Gasteiger charge is -2.22. The highest BCUT2D eigenvalue weighted by atomic mass is 32.3. The standard InChI is InChI=1S/C11H18N2O.H2O4S/c1-4-13(14-5-2)10-6-7-11(12)9(3)8-10;1-5(2,3)4/h6-8H,4-5,12H2,1-3H3;(H2,1,2,3,4). The summed E-state index contributed by atoms with van der Waals surface area (Å²) >= 11 is 0. The number of hydrogen-bond acceptors (Lipinski definition) is 5. The Labute approximate surface area is 113 Å². The second-order valence-electron chi connectivity index (χ2n) is 3.60. The maximum absolute atomic E-state index is 8.74. The van der Waals surface area contributed by atoms with E-state index in [2.05, 4.69) is 6.92 Å². The van der Waals surface area contributed by atoms with Crippen LogP contribution in [0, 0.1) is 6.92 Å². The molecule has 0 aliphatic heterocycles. The van der Waals surface area contributed by atoms with Gasteiger partial charge in [-0.05, 0) is 44.5 Å². The van der Waals surface area contributed by atoms with Crippen molar-refractivity contribution in [3.63, 3.8) is 0 Å². The number of benzene rings is 1. The molecular formula is C11H20N2O5S. The predicted octanol–water partition coefficient (Wildman–Crippen LogP) is 1.70. The van der Waals surface area contributed by atoms with E-state index in [1.165, 1.54) is 0 Å². The van der Waals surface area contributed by atoms with Crippen molar-refractivity contribution in [1.82, 2.24) is 0 Å². The zero-order valence-electron chi connectivity index (χ0n) is 11.2. The Kier molecular flexibility index (Phi) is 7.38. The van der Waals surface area contributed by atoms with Gasteiger partial charge in [0.25, 0.3) is 0 Å². The number of aryl methyl sites for hydroxylation is 1. The minimum absolute atomic E-state index is 0.678. The normalized spacial score (nSPS) is 10.6. The monoisotopic (exact) mass is 292 g/mol. The van der Waals surface area contributed by atoms with Crippen LogP contribution < -0.4 is 10.8 Å². The van der Waals surface area contributed by atoms with Gasteiger partial charge in [-0.2, -0.15) is 8.42 Å². The highest BCUT2D eigenvalue weighted by Crippen LogP contribution is 2.20. The van der Waals surface area contributed by atoms with Crippen molar-refractivity contribution in [2.24, 2.45) is 0 Å². The molecule has 0 fully saturated rings. The lowest BCUT2D eigenvalue weighted by molar-refractivity contribution is 0.123. The first-order valence-electron chi connectivity index (χ1n) is 5.65. The fraction of sp³-hybridized carbons (Fsp3) is 0.455. The Morgan fingerprint density at radius 2 is 1.84 bits per heavy atom. The Hall–Kier alpha value is -1.35. The molecule has 1 aromatic rings. The Balaban J connectivity index is 0.000000555. The number of nitrogens with zero attached hydrogens (tertiary/aromatic N) is 1. The van der Waals surface area contributed by atoms with Crippen LogP contribution in [0.15, 0.2) is 18.2 Å². The molecule has 0 aliphatic rings. The molecule has 0 aromatic heterocycles. The summed E-state index contributed by atoms with van der Waals surface area (Å²) in [6, 6.07) is 5.92. The van der Waals surface area contributed by atoms with Crippen molar-refractivity contribution in [2.45, 2.75) is 20.8 Å². The summed E-state index contributed by atoms with van der Waals surface area (Å²) in [5.41, 5.74) is 8.71. The first-order valence-corrected chi connectivity index (χ1v) is 7.05. The third kappa shape index (κ3) is 8.38.